The lowest BCUT2D eigenvalue weighted by molar-refractivity contribution is 0.104. The summed E-state index contributed by atoms with van der Waals surface area (Å²) in [5.41, 5.74) is 4.83. The molecule has 0 radical (unpaired) electrons. The normalized spacial score (nSPS) is 12.6. The molecular formula is C41H34Cl3N3O3. The Balaban J connectivity index is 1.48. The van der Waals surface area contributed by atoms with Crippen molar-refractivity contribution < 1.29 is 14.6 Å². The fraction of sp³-hybridized carbons (Fsp3) is 0.195. The molecule has 1 heterocycles. The molecule has 9 heteroatoms. The summed E-state index contributed by atoms with van der Waals surface area (Å²) in [5.74, 6) is 0.898. The van der Waals surface area contributed by atoms with E-state index in [4.69, 9.17) is 49.5 Å². The summed E-state index contributed by atoms with van der Waals surface area (Å²) in [6.45, 7) is 11.2. The Morgan fingerprint density at radius 2 is 1.46 bits per heavy atom. The Hall–Kier alpha value is -4.62. The Morgan fingerprint density at radius 1 is 0.780 bits per heavy atom. The number of fused-ring (bicyclic) bond motifs is 2. The van der Waals surface area contributed by atoms with Crippen LogP contribution in [0.1, 0.15) is 62.5 Å². The van der Waals surface area contributed by atoms with Gasteiger partial charge in [0, 0.05) is 27.6 Å². The van der Waals surface area contributed by atoms with Gasteiger partial charge in [-0.25, -0.2) is 9.97 Å². The number of halogens is 3. The lowest BCUT2D eigenvalue weighted by Crippen LogP contribution is -2.24. The molecule has 0 unspecified atom stereocenters. The summed E-state index contributed by atoms with van der Waals surface area (Å²) >= 11 is 19.6. The van der Waals surface area contributed by atoms with E-state index in [1.807, 2.05) is 30.3 Å². The molecule has 1 aromatic heterocycles. The number of carbonyl (C=O) groups excluding carboxylic acids is 1. The van der Waals surface area contributed by atoms with Crippen LogP contribution in [0.2, 0.25) is 15.1 Å². The van der Waals surface area contributed by atoms with Crippen molar-refractivity contribution in [3.05, 3.63) is 123 Å². The van der Waals surface area contributed by atoms with E-state index in [0.29, 0.717) is 76.8 Å². The third-order valence-electron chi connectivity index (χ3n) is 8.85. The smallest absolute Gasteiger partial charge is 0.196 e. The Bertz CT molecular complexity index is 2310. The number of para-hydroxylation sites is 1. The van der Waals surface area contributed by atoms with Crippen molar-refractivity contribution in [1.82, 2.24) is 9.97 Å². The van der Waals surface area contributed by atoms with Gasteiger partial charge in [-0.15, -0.1) is 0 Å². The highest BCUT2D eigenvalue weighted by atomic mass is 35.5. The van der Waals surface area contributed by atoms with Gasteiger partial charge in [-0.2, -0.15) is 0 Å². The zero-order valence-corrected chi connectivity index (χ0v) is 30.4. The molecule has 2 N–H and O–H groups in total. The van der Waals surface area contributed by atoms with Crippen molar-refractivity contribution in [1.29, 1.82) is 0 Å². The van der Waals surface area contributed by atoms with Crippen LogP contribution in [0.3, 0.4) is 0 Å². The molecule has 6 nitrogen and oxygen atoms in total. The predicted octanol–water partition coefficient (Wildman–Crippen LogP) is 12.4. The first kappa shape index (κ1) is 33.9. The van der Waals surface area contributed by atoms with Crippen LogP contribution in [0.4, 0.5) is 11.4 Å². The SMILES string of the molecule is CC(C)(C)CC(C)(C)c1ccc(Oc2cc(Nc3c(Cl)cccc3Cl)c3c4c(nc(-c5cc(Cl)ccc5O)nc24)-c2ccccc2C3=O)cc1. The van der Waals surface area contributed by atoms with Gasteiger partial charge in [-0.3, -0.25) is 4.79 Å². The van der Waals surface area contributed by atoms with Crippen molar-refractivity contribution >= 4 is 62.9 Å². The molecule has 0 saturated carbocycles. The minimum absolute atomic E-state index is 0.0380. The van der Waals surface area contributed by atoms with Crippen LogP contribution in [0.15, 0.2) is 91.0 Å². The number of phenols is 1. The number of carbonyl (C=O) groups is 1. The van der Waals surface area contributed by atoms with E-state index in [-0.39, 0.29) is 28.2 Å². The quantitative estimate of drug-likeness (QED) is 0.170. The average Bonchev–Trinajstić information content (AvgIpc) is 3.06. The van der Waals surface area contributed by atoms with Gasteiger partial charge in [-0.1, -0.05) is 112 Å². The van der Waals surface area contributed by atoms with Crippen LogP contribution in [0.5, 0.6) is 17.2 Å². The number of hydrogen-bond donors (Lipinski definition) is 2. The number of benzene rings is 5. The Morgan fingerprint density at radius 3 is 2.14 bits per heavy atom. The highest BCUT2D eigenvalue weighted by Crippen LogP contribution is 2.48. The zero-order valence-electron chi connectivity index (χ0n) is 28.2. The van der Waals surface area contributed by atoms with Gasteiger partial charge in [0.15, 0.2) is 17.4 Å². The molecule has 1 aliphatic rings. The number of anilines is 2. The second-order valence-electron chi connectivity index (χ2n) is 14.4. The molecule has 0 fully saturated rings. The first-order valence-electron chi connectivity index (χ1n) is 16.2. The van der Waals surface area contributed by atoms with Gasteiger partial charge in [0.2, 0.25) is 0 Å². The van der Waals surface area contributed by atoms with Crippen LogP contribution in [0, 0.1) is 5.41 Å². The molecular weight excluding hydrogens is 689 g/mol. The van der Waals surface area contributed by atoms with Gasteiger partial charge >= 0.3 is 0 Å². The Kier molecular flexibility index (Phi) is 8.54. The molecule has 7 rings (SSSR count). The zero-order chi connectivity index (χ0) is 35.5. The third-order valence-corrected chi connectivity index (χ3v) is 9.71. The molecule has 0 bridgehead atoms. The molecule has 0 amide bonds. The van der Waals surface area contributed by atoms with Crippen molar-refractivity contribution in [2.75, 3.05) is 5.32 Å². The highest BCUT2D eigenvalue weighted by Gasteiger charge is 2.33. The molecule has 1 aliphatic carbocycles. The van der Waals surface area contributed by atoms with Gasteiger partial charge < -0.3 is 15.2 Å². The van der Waals surface area contributed by atoms with Crippen molar-refractivity contribution in [3.63, 3.8) is 0 Å². The number of aromatic nitrogens is 2. The van der Waals surface area contributed by atoms with E-state index in [0.717, 1.165) is 6.42 Å². The number of nitrogens with zero attached hydrogens (tertiary/aromatic N) is 2. The van der Waals surface area contributed by atoms with Gasteiger partial charge in [0.05, 0.1) is 38.2 Å². The van der Waals surface area contributed by atoms with E-state index in [2.05, 4.69) is 52.1 Å². The van der Waals surface area contributed by atoms with Crippen LogP contribution in [-0.2, 0) is 5.41 Å². The second-order valence-corrected chi connectivity index (χ2v) is 15.7. The van der Waals surface area contributed by atoms with Gasteiger partial charge in [-0.05, 0) is 65.3 Å². The van der Waals surface area contributed by atoms with E-state index >= 15 is 0 Å². The third kappa shape index (κ3) is 6.28. The molecule has 0 saturated heterocycles. The number of rotatable bonds is 7. The van der Waals surface area contributed by atoms with Crippen LogP contribution in [0.25, 0.3) is 33.5 Å². The number of ketones is 1. The van der Waals surface area contributed by atoms with Crippen LogP contribution < -0.4 is 10.1 Å². The number of aromatic hydroxyl groups is 1. The van der Waals surface area contributed by atoms with Gasteiger partial charge in [0.1, 0.15) is 17.0 Å². The van der Waals surface area contributed by atoms with Crippen molar-refractivity contribution in [2.45, 2.75) is 46.5 Å². The maximum Gasteiger partial charge on any atom is 0.196 e. The molecule has 6 aromatic rings. The molecule has 0 atom stereocenters. The monoisotopic (exact) mass is 721 g/mol. The summed E-state index contributed by atoms with van der Waals surface area (Å²) in [6.07, 6.45) is 1.00. The summed E-state index contributed by atoms with van der Waals surface area (Å²) in [6, 6.07) is 27.0. The lowest BCUT2D eigenvalue weighted by atomic mass is 9.72. The molecule has 0 aliphatic heterocycles. The standard InChI is InChI=1S/C41H34Cl3N3O3/c1-40(2,3)21-41(4,5)22-13-16-24(17-14-22)50-32-20-30(45-36-28(43)11-8-12-29(36)44)33-34-35(25-9-6-7-10-26(25)38(33)49)46-39(47-37(32)34)27-19-23(42)15-18-31(27)48/h6-20,45,48H,21H2,1-5H3. The maximum atomic E-state index is 14.4. The topological polar surface area (TPSA) is 84.3 Å². The minimum Gasteiger partial charge on any atom is -0.507 e. The van der Waals surface area contributed by atoms with Crippen molar-refractivity contribution in [2.24, 2.45) is 5.41 Å². The number of phenolic OH excluding ortho intramolecular Hbond substituents is 1. The number of nitrogens with one attached hydrogen (secondary N) is 1. The molecule has 50 heavy (non-hydrogen) atoms. The van der Waals surface area contributed by atoms with E-state index in [1.54, 1.807) is 42.5 Å². The fourth-order valence-corrected chi connectivity index (χ4v) is 7.66. The lowest BCUT2D eigenvalue weighted by Gasteiger charge is -2.33. The maximum absolute atomic E-state index is 14.4. The molecule has 5 aromatic carbocycles. The number of hydrogen-bond acceptors (Lipinski definition) is 6. The number of ether oxygens (including phenoxy) is 1. The predicted molar refractivity (Wildman–Crippen MR) is 204 cm³/mol. The second kappa shape index (κ2) is 12.6. The summed E-state index contributed by atoms with van der Waals surface area (Å²) < 4.78 is 6.65. The van der Waals surface area contributed by atoms with Crippen molar-refractivity contribution in [3.8, 4) is 39.9 Å². The first-order chi connectivity index (χ1) is 23.7. The molecule has 252 valence electrons. The largest absolute Gasteiger partial charge is 0.507 e. The summed E-state index contributed by atoms with van der Waals surface area (Å²) in [4.78, 5) is 24.3. The fourth-order valence-electron chi connectivity index (χ4n) is 7.00. The van der Waals surface area contributed by atoms with E-state index in [1.165, 1.54) is 11.6 Å². The van der Waals surface area contributed by atoms with Gasteiger partial charge in [0.25, 0.3) is 0 Å². The highest BCUT2D eigenvalue weighted by molar-refractivity contribution is 6.39. The van der Waals surface area contributed by atoms with Crippen LogP contribution >= 0.6 is 34.8 Å². The van der Waals surface area contributed by atoms with Crippen LogP contribution in [-0.4, -0.2) is 20.9 Å². The van der Waals surface area contributed by atoms with E-state index in [9.17, 15) is 9.90 Å². The Labute approximate surface area is 306 Å². The minimum atomic E-state index is -0.220. The first-order valence-corrected chi connectivity index (χ1v) is 17.3. The summed E-state index contributed by atoms with van der Waals surface area (Å²) in [7, 11) is 0. The summed E-state index contributed by atoms with van der Waals surface area (Å²) in [5, 5.41) is 15.9. The average molecular weight is 723 g/mol. The molecule has 0 spiro atoms. The van der Waals surface area contributed by atoms with E-state index < -0.39 is 0 Å².